The highest BCUT2D eigenvalue weighted by Crippen LogP contribution is 2.42. The van der Waals surface area contributed by atoms with Crippen LogP contribution in [0.15, 0.2) is 47.8 Å². The third-order valence-corrected chi connectivity index (χ3v) is 11.2. The van der Waals surface area contributed by atoms with Crippen LogP contribution in [-0.2, 0) is 19.7 Å². The van der Waals surface area contributed by atoms with Gasteiger partial charge < -0.3 is 20.1 Å². The monoisotopic (exact) mass is 733 g/mol. The number of hydrogen-bond donors (Lipinski definition) is 2. The van der Waals surface area contributed by atoms with Gasteiger partial charge in [-0.1, -0.05) is 123 Å². The highest BCUT2D eigenvalue weighted by Gasteiger charge is 2.37. The van der Waals surface area contributed by atoms with Crippen LogP contribution >= 0.6 is 11.3 Å². The molecule has 0 fully saturated rings. The molecule has 1 aliphatic rings. The van der Waals surface area contributed by atoms with Crippen LogP contribution < -0.4 is 20.3 Å². The number of fused-ring (bicyclic) bond motifs is 2. The van der Waals surface area contributed by atoms with Crippen LogP contribution in [-0.4, -0.2) is 44.8 Å². The third-order valence-electron chi connectivity index (χ3n) is 10.4. The molecule has 3 aromatic rings. The van der Waals surface area contributed by atoms with Crippen molar-refractivity contribution in [2.75, 3.05) is 43.2 Å². The van der Waals surface area contributed by atoms with Crippen molar-refractivity contribution in [2.24, 2.45) is 0 Å². The number of benzene rings is 2. The van der Waals surface area contributed by atoms with Crippen molar-refractivity contribution in [3.05, 3.63) is 53.4 Å². The summed E-state index contributed by atoms with van der Waals surface area (Å²) >= 11 is 1.77. The first-order chi connectivity index (χ1) is 25.4. The summed E-state index contributed by atoms with van der Waals surface area (Å²) in [4.78, 5) is 27.5. The van der Waals surface area contributed by atoms with Gasteiger partial charge in [0.05, 0.1) is 12.3 Å². The van der Waals surface area contributed by atoms with E-state index in [4.69, 9.17) is 9.47 Å². The molecule has 4 rings (SSSR count). The van der Waals surface area contributed by atoms with Gasteiger partial charge in [0.15, 0.2) is 6.73 Å². The van der Waals surface area contributed by atoms with Crippen molar-refractivity contribution >= 4 is 44.7 Å². The van der Waals surface area contributed by atoms with Gasteiger partial charge in [0.25, 0.3) is 0 Å². The molecular weight excluding hydrogens is 667 g/mol. The maximum absolute atomic E-state index is 13.2. The molecule has 0 saturated carbocycles. The fourth-order valence-corrected chi connectivity index (χ4v) is 8.00. The van der Waals surface area contributed by atoms with Crippen molar-refractivity contribution in [3.8, 4) is 5.75 Å². The molecule has 0 unspecified atom stereocenters. The van der Waals surface area contributed by atoms with Crippen LogP contribution in [0.2, 0.25) is 0 Å². The summed E-state index contributed by atoms with van der Waals surface area (Å²) in [5.74, 6) is 0.477. The molecule has 8 heteroatoms. The first-order valence-electron chi connectivity index (χ1n) is 20.5. The van der Waals surface area contributed by atoms with Crippen LogP contribution in [0.3, 0.4) is 0 Å². The van der Waals surface area contributed by atoms with E-state index in [-0.39, 0.29) is 24.0 Å². The lowest BCUT2D eigenvalue weighted by molar-refractivity contribution is -0.144. The molecule has 0 bridgehead atoms. The fraction of sp³-hybridized carbons (Fsp3) is 0.636. The van der Waals surface area contributed by atoms with Crippen molar-refractivity contribution in [3.63, 3.8) is 0 Å². The average molecular weight is 734 g/mol. The molecule has 2 aromatic carbocycles. The van der Waals surface area contributed by atoms with E-state index in [1.54, 1.807) is 16.2 Å². The molecule has 7 nitrogen and oxygen atoms in total. The molecular formula is C44H67N3O4S. The smallest absolute Gasteiger partial charge is 0.307 e. The minimum Gasteiger partial charge on any atom is -0.494 e. The van der Waals surface area contributed by atoms with Crippen molar-refractivity contribution in [2.45, 2.75) is 148 Å². The predicted octanol–water partition coefficient (Wildman–Crippen LogP) is 11.5. The Balaban J connectivity index is 1.06. The maximum Gasteiger partial charge on any atom is 0.307 e. The van der Waals surface area contributed by atoms with Crippen molar-refractivity contribution in [1.29, 1.82) is 0 Å². The van der Waals surface area contributed by atoms with E-state index in [2.05, 4.69) is 67.1 Å². The zero-order valence-electron chi connectivity index (χ0n) is 32.6. The number of anilines is 2. The molecule has 2 N–H and O–H groups in total. The number of hydrogen-bond acceptors (Lipinski definition) is 7. The number of esters is 1. The van der Waals surface area contributed by atoms with Crippen LogP contribution in [0.1, 0.15) is 148 Å². The molecule has 1 amide bonds. The molecule has 0 radical (unpaired) electrons. The largest absolute Gasteiger partial charge is 0.494 e. The molecule has 0 aliphatic carbocycles. The van der Waals surface area contributed by atoms with Crippen molar-refractivity contribution < 1.29 is 19.1 Å². The number of amides is 1. The van der Waals surface area contributed by atoms with Gasteiger partial charge >= 0.3 is 5.97 Å². The van der Waals surface area contributed by atoms with Crippen molar-refractivity contribution in [1.82, 2.24) is 5.32 Å². The first-order valence-corrected chi connectivity index (χ1v) is 21.4. The van der Waals surface area contributed by atoms with E-state index in [1.807, 2.05) is 12.1 Å². The van der Waals surface area contributed by atoms with E-state index in [0.717, 1.165) is 62.3 Å². The zero-order valence-corrected chi connectivity index (χ0v) is 33.4. The fourth-order valence-electron chi connectivity index (χ4n) is 7.19. The number of ether oxygens (including phenoxy) is 2. The summed E-state index contributed by atoms with van der Waals surface area (Å²) in [7, 11) is 0. The van der Waals surface area contributed by atoms with Gasteiger partial charge in [0.2, 0.25) is 5.91 Å². The zero-order chi connectivity index (χ0) is 36.9. The van der Waals surface area contributed by atoms with Gasteiger partial charge in [-0.15, -0.1) is 11.3 Å². The normalized spacial score (nSPS) is 13.8. The Morgan fingerprint density at radius 1 is 0.808 bits per heavy atom. The van der Waals surface area contributed by atoms with Crippen LogP contribution in [0.4, 0.5) is 11.4 Å². The summed E-state index contributed by atoms with van der Waals surface area (Å²) in [6.07, 6.45) is 22.1. The Hall–Kier alpha value is -3.10. The molecule has 1 aliphatic heterocycles. The Morgan fingerprint density at radius 3 is 2.21 bits per heavy atom. The standard InChI is InChI=1S/C44H67N3O4S/c1-4-5-6-7-8-9-10-11-12-13-14-15-16-17-18-24-43(49)51-35-47-40-33-36(25-26-38(40)44(2,3)34-42(47)48)50-31-20-19-28-45-29-30-46-39-22-21-23-41-37(39)27-32-52-41/h21-23,25-27,32-33,45-46H,4-20,24,28-31,34-35H2,1-3H3. The number of nitrogens with one attached hydrogen (secondary N) is 2. The van der Waals surface area contributed by atoms with Gasteiger partial charge in [-0.05, 0) is 61.0 Å². The summed E-state index contributed by atoms with van der Waals surface area (Å²) in [6, 6.07) is 14.6. The summed E-state index contributed by atoms with van der Waals surface area (Å²) in [5.41, 5.74) is 2.75. The number of unbranched alkanes of at least 4 members (excludes halogenated alkanes) is 15. The lowest BCUT2D eigenvalue weighted by atomic mass is 9.77. The lowest BCUT2D eigenvalue weighted by Crippen LogP contribution is -2.43. The Morgan fingerprint density at radius 2 is 1.50 bits per heavy atom. The van der Waals surface area contributed by atoms with E-state index < -0.39 is 0 Å². The molecule has 2 heterocycles. The van der Waals surface area contributed by atoms with Gasteiger partial charge in [-0.25, -0.2) is 0 Å². The Bertz CT molecular complexity index is 1470. The Labute approximate surface area is 318 Å². The number of nitrogens with zero attached hydrogens (tertiary/aromatic N) is 1. The molecule has 0 atom stereocenters. The van der Waals surface area contributed by atoms with E-state index in [0.29, 0.717) is 19.4 Å². The number of thiophene rings is 1. The molecule has 0 saturated heterocycles. The SMILES string of the molecule is CCCCCCCCCCCCCCCCCC(=O)OCN1C(=O)CC(C)(C)c2ccc(OCCCCNCCNc3cccc4sccc34)cc21. The maximum atomic E-state index is 13.2. The van der Waals surface area contributed by atoms with E-state index in [1.165, 1.54) is 99.2 Å². The summed E-state index contributed by atoms with van der Waals surface area (Å²) < 4.78 is 13.1. The first kappa shape index (κ1) is 41.7. The predicted molar refractivity (Wildman–Crippen MR) is 220 cm³/mol. The Kier molecular flexibility index (Phi) is 18.9. The second-order valence-corrected chi connectivity index (χ2v) is 16.2. The van der Waals surface area contributed by atoms with Crippen LogP contribution in [0.25, 0.3) is 10.1 Å². The average Bonchev–Trinajstić information content (AvgIpc) is 3.62. The van der Waals surface area contributed by atoms with Gasteiger partial charge in [-0.2, -0.15) is 0 Å². The highest BCUT2D eigenvalue weighted by atomic mass is 32.1. The molecule has 288 valence electrons. The minimum atomic E-state index is -0.296. The quantitative estimate of drug-likeness (QED) is 0.0571. The van der Waals surface area contributed by atoms with Gasteiger partial charge in [0.1, 0.15) is 5.75 Å². The minimum absolute atomic E-state index is 0.0259. The van der Waals surface area contributed by atoms with E-state index in [9.17, 15) is 9.59 Å². The second kappa shape index (κ2) is 23.5. The van der Waals surface area contributed by atoms with Gasteiger partial charge in [0, 0.05) is 53.2 Å². The number of carbonyl (C=O) groups excluding carboxylic acids is 2. The molecule has 52 heavy (non-hydrogen) atoms. The van der Waals surface area contributed by atoms with Crippen LogP contribution in [0, 0.1) is 0 Å². The highest BCUT2D eigenvalue weighted by molar-refractivity contribution is 7.17. The second-order valence-electron chi connectivity index (χ2n) is 15.3. The van der Waals surface area contributed by atoms with Gasteiger partial charge in [-0.3, -0.25) is 14.5 Å². The topological polar surface area (TPSA) is 79.9 Å². The molecule has 1 aromatic heterocycles. The number of carbonyl (C=O) groups is 2. The summed E-state index contributed by atoms with van der Waals surface area (Å²) in [5, 5.41) is 10.5. The third kappa shape index (κ3) is 14.4. The number of rotatable bonds is 28. The summed E-state index contributed by atoms with van der Waals surface area (Å²) in [6.45, 7) is 9.72. The van der Waals surface area contributed by atoms with E-state index >= 15 is 0 Å². The molecule has 0 spiro atoms. The lowest BCUT2D eigenvalue weighted by Gasteiger charge is -2.38. The van der Waals surface area contributed by atoms with Crippen LogP contribution in [0.5, 0.6) is 5.75 Å².